The maximum atomic E-state index is 10.1. The minimum Gasteiger partial charge on any atom is -0.504 e. The Bertz CT molecular complexity index is 923. The average Bonchev–Trinajstić information content (AvgIpc) is 3.16. The Kier molecular flexibility index (Phi) is 4.83. The van der Waals surface area contributed by atoms with Crippen LogP contribution in [0.25, 0.3) is 16.9 Å². The Balaban J connectivity index is 2.14. The molecule has 0 unspecified atom stereocenters. The molecule has 0 fully saturated rings. The van der Waals surface area contributed by atoms with Crippen LogP contribution >= 0.6 is 0 Å². The van der Waals surface area contributed by atoms with E-state index in [1.165, 1.54) is 20.3 Å². The normalized spacial score (nSPS) is 10.5. The molecule has 0 radical (unpaired) electrons. The van der Waals surface area contributed by atoms with Crippen LogP contribution in [0, 0.1) is 0 Å². The first-order chi connectivity index (χ1) is 12.6. The average molecular weight is 357 g/mol. The molecule has 1 heterocycles. The van der Waals surface area contributed by atoms with Gasteiger partial charge in [0.15, 0.2) is 23.0 Å². The smallest absolute Gasteiger partial charge is 0.164 e. The second-order valence-corrected chi connectivity index (χ2v) is 5.30. The predicted octanol–water partition coefficient (Wildman–Crippen LogP) is 2.67. The van der Waals surface area contributed by atoms with Crippen molar-refractivity contribution in [2.75, 3.05) is 28.4 Å². The standard InChI is InChI=1S/C18H19N3O5/c1-23-15-6-5-11(7-18(15)26-4)13-10-19-20-21(13)12-8-14(22)17(25-3)9-16(12)24-2/h5-10,22H,1-4H3. The summed E-state index contributed by atoms with van der Waals surface area (Å²) in [5.41, 5.74) is 2.02. The highest BCUT2D eigenvalue weighted by Crippen LogP contribution is 2.38. The molecule has 8 nitrogen and oxygen atoms in total. The van der Waals surface area contributed by atoms with Crippen molar-refractivity contribution in [1.82, 2.24) is 15.0 Å². The fraction of sp³-hybridized carbons (Fsp3) is 0.222. The maximum Gasteiger partial charge on any atom is 0.164 e. The summed E-state index contributed by atoms with van der Waals surface area (Å²) in [5, 5.41) is 18.3. The minimum absolute atomic E-state index is 0.0305. The SMILES string of the molecule is COc1cc(OC)c(-n2nncc2-c2ccc(OC)c(OC)c2)cc1O. The number of aromatic nitrogens is 3. The van der Waals surface area contributed by atoms with Crippen LogP contribution in [0.5, 0.6) is 28.7 Å². The van der Waals surface area contributed by atoms with Crippen LogP contribution in [0.3, 0.4) is 0 Å². The molecule has 0 saturated carbocycles. The van der Waals surface area contributed by atoms with Crippen molar-refractivity contribution in [3.8, 4) is 45.7 Å². The van der Waals surface area contributed by atoms with Crippen LogP contribution in [-0.4, -0.2) is 48.5 Å². The second-order valence-electron chi connectivity index (χ2n) is 5.30. The number of hydrogen-bond acceptors (Lipinski definition) is 7. The van der Waals surface area contributed by atoms with Gasteiger partial charge in [-0.25, -0.2) is 4.68 Å². The summed E-state index contributed by atoms with van der Waals surface area (Å²) in [4.78, 5) is 0. The Morgan fingerprint density at radius 1 is 0.808 bits per heavy atom. The first-order valence-corrected chi connectivity index (χ1v) is 7.71. The Morgan fingerprint density at radius 2 is 1.50 bits per heavy atom. The molecule has 0 aliphatic heterocycles. The summed E-state index contributed by atoms with van der Waals surface area (Å²) in [7, 11) is 6.15. The van der Waals surface area contributed by atoms with Gasteiger partial charge in [0.05, 0.1) is 40.3 Å². The Labute approximate surface area is 150 Å². The van der Waals surface area contributed by atoms with E-state index >= 15 is 0 Å². The van der Waals surface area contributed by atoms with E-state index in [1.807, 2.05) is 12.1 Å². The largest absolute Gasteiger partial charge is 0.504 e. The third-order valence-corrected chi connectivity index (χ3v) is 3.94. The summed E-state index contributed by atoms with van der Waals surface area (Å²) >= 11 is 0. The molecule has 2 aromatic carbocycles. The van der Waals surface area contributed by atoms with Crippen LogP contribution in [0.15, 0.2) is 36.5 Å². The van der Waals surface area contributed by atoms with E-state index in [2.05, 4.69) is 10.3 Å². The molecule has 0 aliphatic rings. The number of rotatable bonds is 6. The molecular formula is C18H19N3O5. The molecule has 1 N–H and O–H groups in total. The van der Waals surface area contributed by atoms with Crippen LogP contribution < -0.4 is 18.9 Å². The monoisotopic (exact) mass is 357 g/mol. The fourth-order valence-corrected chi connectivity index (χ4v) is 2.64. The number of phenolic OH excluding ortho intramolecular Hbond substituents is 1. The molecule has 0 atom stereocenters. The zero-order valence-electron chi connectivity index (χ0n) is 14.9. The molecular weight excluding hydrogens is 338 g/mol. The van der Waals surface area contributed by atoms with Gasteiger partial charge < -0.3 is 24.1 Å². The number of methoxy groups -OCH3 is 4. The van der Waals surface area contributed by atoms with E-state index in [0.717, 1.165) is 5.56 Å². The lowest BCUT2D eigenvalue weighted by molar-refractivity contribution is 0.355. The van der Waals surface area contributed by atoms with Gasteiger partial charge in [-0.2, -0.15) is 0 Å². The molecule has 136 valence electrons. The van der Waals surface area contributed by atoms with Crippen LogP contribution in [-0.2, 0) is 0 Å². The van der Waals surface area contributed by atoms with E-state index in [0.29, 0.717) is 34.4 Å². The summed E-state index contributed by atoms with van der Waals surface area (Å²) in [6.07, 6.45) is 1.61. The van der Waals surface area contributed by atoms with E-state index in [9.17, 15) is 5.11 Å². The number of phenols is 1. The Hall–Kier alpha value is -3.42. The van der Waals surface area contributed by atoms with Gasteiger partial charge >= 0.3 is 0 Å². The molecule has 0 amide bonds. The molecule has 8 heteroatoms. The van der Waals surface area contributed by atoms with Gasteiger partial charge in [-0.05, 0) is 18.2 Å². The Morgan fingerprint density at radius 3 is 2.15 bits per heavy atom. The number of aromatic hydroxyl groups is 1. The van der Waals surface area contributed by atoms with E-state index in [4.69, 9.17) is 18.9 Å². The molecule has 26 heavy (non-hydrogen) atoms. The van der Waals surface area contributed by atoms with Crippen molar-refractivity contribution in [2.45, 2.75) is 0 Å². The lowest BCUT2D eigenvalue weighted by Gasteiger charge is -2.14. The molecule has 3 rings (SSSR count). The highest BCUT2D eigenvalue weighted by atomic mass is 16.5. The quantitative estimate of drug-likeness (QED) is 0.725. The van der Waals surface area contributed by atoms with Crippen molar-refractivity contribution < 1.29 is 24.1 Å². The first-order valence-electron chi connectivity index (χ1n) is 7.71. The molecule has 0 bridgehead atoms. The fourth-order valence-electron chi connectivity index (χ4n) is 2.64. The van der Waals surface area contributed by atoms with Crippen molar-refractivity contribution in [2.24, 2.45) is 0 Å². The summed E-state index contributed by atoms with van der Waals surface area (Å²) in [6.45, 7) is 0. The van der Waals surface area contributed by atoms with Crippen LogP contribution in [0.1, 0.15) is 0 Å². The molecule has 0 saturated heterocycles. The highest BCUT2D eigenvalue weighted by Gasteiger charge is 2.18. The van der Waals surface area contributed by atoms with Gasteiger partial charge in [0.2, 0.25) is 0 Å². The molecule has 0 aliphatic carbocycles. The van der Waals surface area contributed by atoms with E-state index in [-0.39, 0.29) is 5.75 Å². The van der Waals surface area contributed by atoms with Gasteiger partial charge in [0, 0.05) is 17.7 Å². The van der Waals surface area contributed by atoms with Gasteiger partial charge in [-0.1, -0.05) is 5.21 Å². The number of hydrogen-bond donors (Lipinski definition) is 1. The molecule has 3 aromatic rings. The number of nitrogens with zero attached hydrogens (tertiary/aromatic N) is 3. The van der Waals surface area contributed by atoms with Gasteiger partial charge in [0.1, 0.15) is 11.4 Å². The third kappa shape index (κ3) is 2.97. The third-order valence-electron chi connectivity index (χ3n) is 3.94. The van der Waals surface area contributed by atoms with Crippen molar-refractivity contribution >= 4 is 0 Å². The van der Waals surface area contributed by atoms with E-state index < -0.39 is 0 Å². The highest BCUT2D eigenvalue weighted by molar-refractivity contribution is 5.67. The maximum absolute atomic E-state index is 10.1. The van der Waals surface area contributed by atoms with Gasteiger partial charge in [-0.3, -0.25) is 0 Å². The zero-order valence-corrected chi connectivity index (χ0v) is 14.9. The van der Waals surface area contributed by atoms with Crippen molar-refractivity contribution in [3.05, 3.63) is 36.5 Å². The number of ether oxygens (including phenoxy) is 4. The van der Waals surface area contributed by atoms with Crippen LogP contribution in [0.2, 0.25) is 0 Å². The minimum atomic E-state index is -0.0305. The van der Waals surface area contributed by atoms with Crippen LogP contribution in [0.4, 0.5) is 0 Å². The number of benzene rings is 2. The van der Waals surface area contributed by atoms with E-state index in [1.54, 1.807) is 37.2 Å². The molecule has 0 spiro atoms. The molecule has 1 aromatic heterocycles. The van der Waals surface area contributed by atoms with Gasteiger partial charge in [-0.15, -0.1) is 5.10 Å². The lowest BCUT2D eigenvalue weighted by atomic mass is 10.1. The summed E-state index contributed by atoms with van der Waals surface area (Å²) < 4.78 is 22.7. The van der Waals surface area contributed by atoms with Gasteiger partial charge in [0.25, 0.3) is 0 Å². The second kappa shape index (κ2) is 7.22. The topological polar surface area (TPSA) is 87.9 Å². The first kappa shape index (κ1) is 17.4. The lowest BCUT2D eigenvalue weighted by Crippen LogP contribution is -2.03. The summed E-state index contributed by atoms with van der Waals surface area (Å²) in [6, 6.07) is 8.59. The summed E-state index contributed by atoms with van der Waals surface area (Å²) in [5.74, 6) is 1.96. The van der Waals surface area contributed by atoms with Crippen molar-refractivity contribution in [1.29, 1.82) is 0 Å². The van der Waals surface area contributed by atoms with Crippen molar-refractivity contribution in [3.63, 3.8) is 0 Å². The predicted molar refractivity (Wildman–Crippen MR) is 94.7 cm³/mol. The zero-order chi connectivity index (χ0) is 18.7.